The van der Waals surface area contributed by atoms with Crippen molar-refractivity contribution in [2.24, 2.45) is 5.92 Å². The van der Waals surface area contributed by atoms with E-state index in [2.05, 4.69) is 9.97 Å². The molecule has 0 unspecified atom stereocenters. The van der Waals surface area contributed by atoms with Crippen molar-refractivity contribution in [1.29, 1.82) is 0 Å². The van der Waals surface area contributed by atoms with Gasteiger partial charge in [-0.1, -0.05) is 0 Å². The van der Waals surface area contributed by atoms with Crippen LogP contribution in [0.4, 0.5) is 0 Å². The average Bonchev–Trinajstić information content (AvgIpc) is 2.85. The number of nitrogens with zero attached hydrogens (tertiary/aromatic N) is 2. The lowest BCUT2D eigenvalue weighted by atomic mass is 10.1. The Morgan fingerprint density at radius 1 is 1.58 bits per heavy atom. The SMILES string of the molecule is O[C@@H](c1ccnc(Cl)n1)C1CC1. The van der Waals surface area contributed by atoms with Crippen molar-refractivity contribution in [3.05, 3.63) is 23.2 Å². The Labute approximate surface area is 75.4 Å². The van der Waals surface area contributed by atoms with Crippen LogP contribution in [-0.4, -0.2) is 15.1 Å². The number of aromatic nitrogens is 2. The maximum absolute atomic E-state index is 9.64. The molecule has 1 N–H and O–H groups in total. The molecule has 1 atom stereocenters. The fourth-order valence-electron chi connectivity index (χ4n) is 1.17. The highest BCUT2D eigenvalue weighted by Gasteiger charge is 2.31. The Bertz CT molecular complexity index is 288. The maximum Gasteiger partial charge on any atom is 0.222 e. The first kappa shape index (κ1) is 7.95. The van der Waals surface area contributed by atoms with Crippen LogP contribution < -0.4 is 0 Å². The summed E-state index contributed by atoms with van der Waals surface area (Å²) >= 11 is 5.58. The van der Waals surface area contributed by atoms with Crippen LogP contribution in [0.3, 0.4) is 0 Å². The maximum atomic E-state index is 9.64. The van der Waals surface area contributed by atoms with E-state index < -0.39 is 6.10 Å². The highest BCUT2D eigenvalue weighted by molar-refractivity contribution is 6.28. The van der Waals surface area contributed by atoms with E-state index in [0.29, 0.717) is 11.6 Å². The van der Waals surface area contributed by atoms with Crippen LogP contribution in [0.2, 0.25) is 5.28 Å². The van der Waals surface area contributed by atoms with Gasteiger partial charge in [0.1, 0.15) is 0 Å². The predicted octanol–water partition coefficient (Wildman–Crippen LogP) is 1.57. The topological polar surface area (TPSA) is 46.0 Å². The third kappa shape index (κ3) is 1.57. The molecule has 1 aliphatic carbocycles. The minimum atomic E-state index is -0.453. The van der Waals surface area contributed by atoms with E-state index in [0.717, 1.165) is 12.8 Å². The molecule has 0 aliphatic heterocycles. The smallest absolute Gasteiger partial charge is 0.222 e. The lowest BCUT2D eigenvalue weighted by Crippen LogP contribution is -2.02. The first-order chi connectivity index (χ1) is 5.77. The van der Waals surface area contributed by atoms with Crippen LogP contribution >= 0.6 is 11.6 Å². The van der Waals surface area contributed by atoms with Crippen LogP contribution in [-0.2, 0) is 0 Å². The summed E-state index contributed by atoms with van der Waals surface area (Å²) in [5.41, 5.74) is 0.637. The Morgan fingerprint density at radius 2 is 2.33 bits per heavy atom. The first-order valence-corrected chi connectivity index (χ1v) is 4.31. The van der Waals surface area contributed by atoms with Gasteiger partial charge in [0.25, 0.3) is 0 Å². The van der Waals surface area contributed by atoms with Crippen molar-refractivity contribution >= 4 is 11.6 Å². The van der Waals surface area contributed by atoms with E-state index >= 15 is 0 Å². The molecule has 4 heteroatoms. The Morgan fingerprint density at radius 3 is 2.92 bits per heavy atom. The highest BCUT2D eigenvalue weighted by Crippen LogP contribution is 2.40. The van der Waals surface area contributed by atoms with Crippen molar-refractivity contribution in [2.75, 3.05) is 0 Å². The molecular weight excluding hydrogens is 176 g/mol. The molecule has 0 spiro atoms. The molecule has 3 nitrogen and oxygen atoms in total. The molecule has 12 heavy (non-hydrogen) atoms. The number of rotatable bonds is 2. The lowest BCUT2D eigenvalue weighted by molar-refractivity contribution is 0.149. The van der Waals surface area contributed by atoms with E-state index in [1.54, 1.807) is 12.3 Å². The summed E-state index contributed by atoms with van der Waals surface area (Å²) in [6, 6.07) is 1.70. The molecule has 64 valence electrons. The molecule has 0 saturated heterocycles. The first-order valence-electron chi connectivity index (χ1n) is 3.94. The summed E-state index contributed by atoms with van der Waals surface area (Å²) in [6.07, 6.45) is 3.28. The Balaban J connectivity index is 2.20. The van der Waals surface area contributed by atoms with E-state index in [4.69, 9.17) is 11.6 Å². The van der Waals surface area contributed by atoms with Gasteiger partial charge in [0, 0.05) is 6.20 Å². The molecule has 1 heterocycles. The second-order valence-corrected chi connectivity index (χ2v) is 3.37. The molecule has 0 radical (unpaired) electrons. The zero-order valence-corrected chi connectivity index (χ0v) is 7.20. The van der Waals surface area contributed by atoms with Crippen LogP contribution in [0, 0.1) is 5.92 Å². The van der Waals surface area contributed by atoms with Crippen LogP contribution in [0.15, 0.2) is 12.3 Å². The Hall–Kier alpha value is -0.670. The molecule has 2 rings (SSSR count). The van der Waals surface area contributed by atoms with Gasteiger partial charge in [0.2, 0.25) is 5.28 Å². The second-order valence-electron chi connectivity index (χ2n) is 3.03. The number of hydrogen-bond acceptors (Lipinski definition) is 3. The van der Waals surface area contributed by atoms with E-state index in [1.165, 1.54) is 0 Å². The van der Waals surface area contributed by atoms with Crippen LogP contribution in [0.25, 0.3) is 0 Å². The molecule has 1 fully saturated rings. The van der Waals surface area contributed by atoms with Gasteiger partial charge in [-0.25, -0.2) is 9.97 Å². The molecular formula is C8H9ClN2O. The summed E-state index contributed by atoms with van der Waals surface area (Å²) in [6.45, 7) is 0. The van der Waals surface area contributed by atoms with Crippen molar-refractivity contribution in [1.82, 2.24) is 9.97 Å². The van der Waals surface area contributed by atoms with Gasteiger partial charge < -0.3 is 5.11 Å². The predicted molar refractivity (Wildman–Crippen MR) is 44.7 cm³/mol. The normalized spacial score (nSPS) is 19.2. The summed E-state index contributed by atoms with van der Waals surface area (Å²) < 4.78 is 0. The Kier molecular flexibility index (Phi) is 1.98. The van der Waals surface area contributed by atoms with Crippen LogP contribution in [0.1, 0.15) is 24.6 Å². The van der Waals surface area contributed by atoms with Gasteiger partial charge in [0.05, 0.1) is 11.8 Å². The standard InChI is InChI=1S/C8H9ClN2O/c9-8-10-4-3-6(11-8)7(12)5-1-2-5/h3-5,7,12H,1-2H2/t7-/m1/s1. The number of aliphatic hydroxyl groups excluding tert-OH is 1. The fraction of sp³-hybridized carbons (Fsp3) is 0.500. The second kappa shape index (κ2) is 2.99. The highest BCUT2D eigenvalue weighted by atomic mass is 35.5. The minimum Gasteiger partial charge on any atom is -0.387 e. The van der Waals surface area contributed by atoms with Crippen molar-refractivity contribution in [3.63, 3.8) is 0 Å². The number of hydrogen-bond donors (Lipinski definition) is 1. The number of aliphatic hydroxyl groups is 1. The summed E-state index contributed by atoms with van der Waals surface area (Å²) in [4.78, 5) is 7.68. The molecule has 1 aromatic heterocycles. The average molecular weight is 185 g/mol. The summed E-state index contributed by atoms with van der Waals surface area (Å²) in [5, 5.41) is 9.84. The van der Waals surface area contributed by atoms with Gasteiger partial charge in [-0.3, -0.25) is 0 Å². The molecule has 0 bridgehead atoms. The monoisotopic (exact) mass is 184 g/mol. The van der Waals surface area contributed by atoms with Gasteiger partial charge >= 0.3 is 0 Å². The largest absolute Gasteiger partial charge is 0.387 e. The quantitative estimate of drug-likeness (QED) is 0.710. The van der Waals surface area contributed by atoms with Gasteiger partial charge in [-0.2, -0.15) is 0 Å². The fourth-order valence-corrected chi connectivity index (χ4v) is 1.32. The van der Waals surface area contributed by atoms with E-state index in [-0.39, 0.29) is 5.28 Å². The summed E-state index contributed by atoms with van der Waals surface area (Å²) in [5.74, 6) is 0.385. The lowest BCUT2D eigenvalue weighted by Gasteiger charge is -2.06. The van der Waals surface area contributed by atoms with Gasteiger partial charge in [-0.05, 0) is 36.4 Å². The minimum absolute atomic E-state index is 0.201. The molecule has 1 aliphatic rings. The number of halogens is 1. The molecule has 0 aromatic carbocycles. The molecule has 1 saturated carbocycles. The van der Waals surface area contributed by atoms with Crippen molar-refractivity contribution < 1.29 is 5.11 Å². The molecule has 1 aromatic rings. The summed E-state index contributed by atoms with van der Waals surface area (Å²) in [7, 11) is 0. The van der Waals surface area contributed by atoms with Crippen LogP contribution in [0.5, 0.6) is 0 Å². The van der Waals surface area contributed by atoms with E-state index in [9.17, 15) is 5.11 Å². The third-order valence-corrected chi connectivity index (χ3v) is 2.20. The van der Waals surface area contributed by atoms with Crippen molar-refractivity contribution in [3.8, 4) is 0 Å². The third-order valence-electron chi connectivity index (χ3n) is 2.02. The van der Waals surface area contributed by atoms with E-state index in [1.807, 2.05) is 0 Å². The van der Waals surface area contributed by atoms with Gasteiger partial charge in [-0.15, -0.1) is 0 Å². The zero-order valence-electron chi connectivity index (χ0n) is 6.44. The zero-order chi connectivity index (χ0) is 8.55. The van der Waals surface area contributed by atoms with Crippen molar-refractivity contribution in [2.45, 2.75) is 18.9 Å². The van der Waals surface area contributed by atoms with Gasteiger partial charge in [0.15, 0.2) is 0 Å². The molecule has 0 amide bonds.